The Labute approximate surface area is 156 Å². The maximum atomic E-state index is 13.1. The van der Waals surface area contributed by atoms with E-state index in [2.05, 4.69) is 10.1 Å². The van der Waals surface area contributed by atoms with Crippen molar-refractivity contribution in [1.29, 1.82) is 0 Å². The first-order valence-corrected chi connectivity index (χ1v) is 8.38. The van der Waals surface area contributed by atoms with Crippen molar-refractivity contribution >= 4 is 11.6 Å². The van der Waals surface area contributed by atoms with Crippen LogP contribution in [0.4, 0.5) is 23.2 Å². The van der Waals surface area contributed by atoms with E-state index in [1.165, 1.54) is 41.3 Å². The van der Waals surface area contributed by atoms with E-state index < -0.39 is 17.6 Å². The highest BCUT2D eigenvalue weighted by Gasteiger charge is 2.35. The lowest BCUT2D eigenvalue weighted by Gasteiger charge is -2.15. The Kier molecular flexibility index (Phi) is 4.37. The van der Waals surface area contributed by atoms with Gasteiger partial charge in [-0.25, -0.2) is 4.39 Å². The van der Waals surface area contributed by atoms with E-state index in [0.717, 1.165) is 12.1 Å². The Balaban J connectivity index is 1.52. The predicted molar refractivity (Wildman–Crippen MR) is 90.8 cm³/mol. The predicted octanol–water partition coefficient (Wildman–Crippen LogP) is 4.42. The summed E-state index contributed by atoms with van der Waals surface area (Å²) in [6.07, 6.45) is -4.27. The van der Waals surface area contributed by atoms with Gasteiger partial charge in [-0.3, -0.25) is 4.79 Å². The third-order valence-electron chi connectivity index (χ3n) is 4.53. The normalized spacial score (nSPS) is 17.4. The Morgan fingerprint density at radius 1 is 1.04 bits per heavy atom. The molecule has 1 unspecified atom stereocenters. The van der Waals surface area contributed by atoms with Gasteiger partial charge < -0.3 is 9.42 Å². The second kappa shape index (κ2) is 6.74. The summed E-state index contributed by atoms with van der Waals surface area (Å²) in [6, 6.07) is 9.96. The first-order valence-electron chi connectivity index (χ1n) is 8.38. The second-order valence-corrected chi connectivity index (χ2v) is 6.41. The molecule has 1 amide bonds. The van der Waals surface area contributed by atoms with Crippen LogP contribution in [-0.2, 0) is 11.0 Å². The molecule has 9 heteroatoms. The molecule has 0 saturated carbocycles. The quantitative estimate of drug-likeness (QED) is 0.621. The van der Waals surface area contributed by atoms with Crippen LogP contribution in [0.1, 0.15) is 23.7 Å². The van der Waals surface area contributed by atoms with Crippen LogP contribution in [0.2, 0.25) is 0 Å². The lowest BCUT2D eigenvalue weighted by atomic mass is 10.1. The molecule has 1 atom stereocenters. The van der Waals surface area contributed by atoms with Gasteiger partial charge in [-0.1, -0.05) is 5.16 Å². The Morgan fingerprint density at radius 2 is 1.71 bits per heavy atom. The van der Waals surface area contributed by atoms with E-state index in [0.29, 0.717) is 23.6 Å². The van der Waals surface area contributed by atoms with Gasteiger partial charge in [-0.2, -0.15) is 18.2 Å². The molecule has 1 aromatic heterocycles. The molecule has 0 spiro atoms. The zero-order valence-electron chi connectivity index (χ0n) is 14.3. The van der Waals surface area contributed by atoms with Crippen LogP contribution in [0.15, 0.2) is 53.1 Å². The van der Waals surface area contributed by atoms with Crippen molar-refractivity contribution < 1.29 is 26.9 Å². The maximum absolute atomic E-state index is 13.1. The fourth-order valence-corrected chi connectivity index (χ4v) is 3.07. The summed E-state index contributed by atoms with van der Waals surface area (Å²) in [5.41, 5.74) is 0.152. The summed E-state index contributed by atoms with van der Waals surface area (Å²) < 4.78 is 56.2. The number of carbonyl (C=O) groups excluding carboxylic acids is 1. The first-order chi connectivity index (χ1) is 13.3. The van der Waals surface area contributed by atoms with E-state index >= 15 is 0 Å². The molecule has 0 aliphatic carbocycles. The van der Waals surface area contributed by atoms with E-state index in [-0.39, 0.29) is 24.1 Å². The summed E-state index contributed by atoms with van der Waals surface area (Å²) in [7, 11) is 0. The van der Waals surface area contributed by atoms with Gasteiger partial charge in [-0.15, -0.1) is 0 Å². The Morgan fingerprint density at radius 3 is 2.36 bits per heavy atom. The molecule has 1 aliphatic heterocycles. The van der Waals surface area contributed by atoms with Crippen molar-refractivity contribution in [2.45, 2.75) is 18.5 Å². The van der Waals surface area contributed by atoms with Gasteiger partial charge in [0.1, 0.15) is 5.82 Å². The van der Waals surface area contributed by atoms with Gasteiger partial charge in [0, 0.05) is 30.1 Å². The monoisotopic (exact) mass is 391 g/mol. The molecule has 144 valence electrons. The number of nitrogens with zero attached hydrogens (tertiary/aromatic N) is 3. The lowest BCUT2D eigenvalue weighted by Crippen LogP contribution is -2.24. The van der Waals surface area contributed by atoms with Crippen molar-refractivity contribution in [3.8, 4) is 11.5 Å². The fourth-order valence-electron chi connectivity index (χ4n) is 3.07. The summed E-state index contributed by atoms with van der Waals surface area (Å²) in [6.45, 7) is 0.302. The fraction of sp³-hybridized carbons (Fsp3) is 0.211. The summed E-state index contributed by atoms with van der Waals surface area (Å²) in [5, 5.41) is 3.88. The van der Waals surface area contributed by atoms with Crippen LogP contribution in [0.3, 0.4) is 0 Å². The number of rotatable bonds is 3. The minimum atomic E-state index is -4.42. The molecular weight excluding hydrogens is 378 g/mol. The van der Waals surface area contributed by atoms with Gasteiger partial charge in [-0.05, 0) is 48.5 Å². The van der Waals surface area contributed by atoms with Crippen molar-refractivity contribution in [3.63, 3.8) is 0 Å². The van der Waals surface area contributed by atoms with Crippen molar-refractivity contribution in [2.24, 2.45) is 0 Å². The second-order valence-electron chi connectivity index (χ2n) is 6.41. The number of anilines is 1. The summed E-state index contributed by atoms with van der Waals surface area (Å²) in [4.78, 5) is 18.0. The topological polar surface area (TPSA) is 59.2 Å². The molecule has 2 aromatic carbocycles. The minimum absolute atomic E-state index is 0.0800. The smallest absolute Gasteiger partial charge is 0.334 e. The zero-order chi connectivity index (χ0) is 19.9. The molecule has 5 nitrogen and oxygen atoms in total. The van der Waals surface area contributed by atoms with E-state index in [4.69, 9.17) is 4.52 Å². The molecule has 1 aliphatic rings. The maximum Gasteiger partial charge on any atom is 0.416 e. The highest BCUT2D eigenvalue weighted by molar-refractivity contribution is 5.96. The number of carbonyl (C=O) groups is 1. The largest absolute Gasteiger partial charge is 0.416 e. The number of halogens is 4. The van der Waals surface area contributed by atoms with Crippen LogP contribution < -0.4 is 4.90 Å². The zero-order valence-corrected chi connectivity index (χ0v) is 14.3. The molecule has 1 saturated heterocycles. The Hall–Kier alpha value is -3.23. The van der Waals surface area contributed by atoms with Crippen molar-refractivity contribution in [3.05, 3.63) is 65.7 Å². The number of hydrogen-bond donors (Lipinski definition) is 0. The molecular formula is C19H13F4N3O2. The third-order valence-corrected chi connectivity index (χ3v) is 4.53. The van der Waals surface area contributed by atoms with Gasteiger partial charge in [0.25, 0.3) is 5.89 Å². The van der Waals surface area contributed by atoms with Gasteiger partial charge in [0.2, 0.25) is 5.91 Å². The molecule has 0 N–H and O–H groups in total. The molecule has 3 aromatic rings. The number of aromatic nitrogens is 2. The SMILES string of the molecule is O=C1CC(c2noc(-c3ccc(C(F)(F)F)cc3)n2)CN1c1ccc(F)cc1. The van der Waals surface area contributed by atoms with Crippen LogP contribution in [0.5, 0.6) is 0 Å². The number of benzene rings is 2. The van der Waals surface area contributed by atoms with Crippen molar-refractivity contribution in [2.75, 3.05) is 11.4 Å². The van der Waals surface area contributed by atoms with E-state index in [9.17, 15) is 22.4 Å². The highest BCUT2D eigenvalue weighted by Crippen LogP contribution is 2.33. The van der Waals surface area contributed by atoms with Gasteiger partial charge in [0.05, 0.1) is 5.56 Å². The molecule has 0 radical (unpaired) electrons. The first kappa shape index (κ1) is 18.1. The van der Waals surface area contributed by atoms with Crippen molar-refractivity contribution in [1.82, 2.24) is 10.1 Å². The minimum Gasteiger partial charge on any atom is -0.334 e. The van der Waals surface area contributed by atoms with E-state index in [1.807, 2.05) is 0 Å². The average Bonchev–Trinajstić information content (AvgIpc) is 3.29. The van der Waals surface area contributed by atoms with Crippen LogP contribution in [-0.4, -0.2) is 22.6 Å². The molecule has 1 fully saturated rings. The third kappa shape index (κ3) is 3.47. The molecule has 4 rings (SSSR count). The van der Waals surface area contributed by atoms with Crippen LogP contribution in [0.25, 0.3) is 11.5 Å². The molecule has 28 heavy (non-hydrogen) atoms. The van der Waals surface area contributed by atoms with Gasteiger partial charge >= 0.3 is 6.18 Å². The van der Waals surface area contributed by atoms with Gasteiger partial charge in [0.15, 0.2) is 5.82 Å². The summed E-state index contributed by atoms with van der Waals surface area (Å²) >= 11 is 0. The highest BCUT2D eigenvalue weighted by atomic mass is 19.4. The lowest BCUT2D eigenvalue weighted by molar-refractivity contribution is -0.137. The number of hydrogen-bond acceptors (Lipinski definition) is 4. The van der Waals surface area contributed by atoms with Crippen LogP contribution in [0, 0.1) is 5.82 Å². The molecule has 0 bridgehead atoms. The summed E-state index contributed by atoms with van der Waals surface area (Å²) in [5.74, 6) is -0.502. The van der Waals surface area contributed by atoms with E-state index in [1.54, 1.807) is 0 Å². The Bertz CT molecular complexity index is 997. The average molecular weight is 391 g/mol. The number of amides is 1. The number of alkyl halides is 3. The molecule has 2 heterocycles. The van der Waals surface area contributed by atoms with Crippen LogP contribution >= 0.6 is 0 Å². The standard InChI is InChI=1S/C19H13F4N3O2/c20-14-5-7-15(8-6-14)26-10-12(9-16(26)27)17-24-18(28-25-17)11-1-3-13(4-2-11)19(21,22)23/h1-8,12H,9-10H2.